The summed E-state index contributed by atoms with van der Waals surface area (Å²) in [5.74, 6) is 1.86. The Bertz CT molecular complexity index is 572. The number of aryl methyl sites for hydroxylation is 1. The normalized spacial score (nSPS) is 10.3. The van der Waals surface area contributed by atoms with Gasteiger partial charge in [-0.15, -0.1) is 0 Å². The van der Waals surface area contributed by atoms with E-state index in [9.17, 15) is 0 Å². The molecule has 0 saturated heterocycles. The van der Waals surface area contributed by atoms with Gasteiger partial charge in [-0.05, 0) is 12.1 Å². The lowest BCUT2D eigenvalue weighted by molar-refractivity contribution is 0.459. The van der Waals surface area contributed by atoms with E-state index in [2.05, 4.69) is 9.97 Å². The van der Waals surface area contributed by atoms with E-state index >= 15 is 0 Å². The van der Waals surface area contributed by atoms with Gasteiger partial charge in [-0.3, -0.25) is 0 Å². The topological polar surface area (TPSA) is 38.2 Å². The first-order valence-corrected chi connectivity index (χ1v) is 6.45. The predicted octanol–water partition coefficient (Wildman–Crippen LogP) is 3.55. The number of anilines is 1. The molecule has 0 fully saturated rings. The van der Waals surface area contributed by atoms with E-state index in [0.717, 1.165) is 11.4 Å². The Balaban J connectivity index is 2.25. The minimum Gasteiger partial charge on any atom is -0.439 e. The van der Waals surface area contributed by atoms with E-state index in [1.165, 1.54) is 0 Å². The first-order valence-electron chi connectivity index (χ1n) is 6.07. The SMILES string of the molecule is CCc1nc(Cl)cc(Oc2cccc(N(C)C)c2)n1. The summed E-state index contributed by atoms with van der Waals surface area (Å²) < 4.78 is 5.73. The van der Waals surface area contributed by atoms with Crippen LogP contribution in [0.25, 0.3) is 0 Å². The molecule has 100 valence electrons. The Hall–Kier alpha value is -1.81. The maximum Gasteiger partial charge on any atom is 0.224 e. The number of aromatic nitrogens is 2. The van der Waals surface area contributed by atoms with Gasteiger partial charge in [0.2, 0.25) is 5.88 Å². The molecule has 0 N–H and O–H groups in total. The summed E-state index contributed by atoms with van der Waals surface area (Å²) in [6, 6.07) is 9.39. The lowest BCUT2D eigenvalue weighted by atomic mass is 10.3. The van der Waals surface area contributed by atoms with E-state index in [1.807, 2.05) is 50.2 Å². The molecule has 2 rings (SSSR count). The van der Waals surface area contributed by atoms with Crippen molar-refractivity contribution < 1.29 is 4.74 Å². The lowest BCUT2D eigenvalue weighted by Crippen LogP contribution is -2.08. The molecule has 2 aromatic rings. The highest BCUT2D eigenvalue weighted by molar-refractivity contribution is 6.29. The number of hydrogen-bond acceptors (Lipinski definition) is 4. The molecule has 0 aliphatic heterocycles. The Morgan fingerprint density at radius 3 is 2.68 bits per heavy atom. The third kappa shape index (κ3) is 3.58. The van der Waals surface area contributed by atoms with Crippen LogP contribution >= 0.6 is 11.6 Å². The van der Waals surface area contributed by atoms with Crippen molar-refractivity contribution in [2.45, 2.75) is 13.3 Å². The highest BCUT2D eigenvalue weighted by atomic mass is 35.5. The van der Waals surface area contributed by atoms with Crippen LogP contribution in [0.1, 0.15) is 12.7 Å². The largest absolute Gasteiger partial charge is 0.439 e. The van der Waals surface area contributed by atoms with E-state index < -0.39 is 0 Å². The number of halogens is 1. The van der Waals surface area contributed by atoms with E-state index in [4.69, 9.17) is 16.3 Å². The molecule has 0 amide bonds. The lowest BCUT2D eigenvalue weighted by Gasteiger charge is -2.13. The zero-order valence-corrected chi connectivity index (χ0v) is 12.0. The van der Waals surface area contributed by atoms with Crippen LogP contribution in [0.2, 0.25) is 5.15 Å². The van der Waals surface area contributed by atoms with Crippen molar-refractivity contribution in [3.8, 4) is 11.6 Å². The third-order valence-electron chi connectivity index (χ3n) is 2.59. The minimum atomic E-state index is 0.394. The molecule has 0 saturated carbocycles. The number of hydrogen-bond donors (Lipinski definition) is 0. The minimum absolute atomic E-state index is 0.394. The van der Waals surface area contributed by atoms with Gasteiger partial charge in [-0.1, -0.05) is 24.6 Å². The standard InChI is InChI=1S/C14H16ClN3O/c1-4-13-16-12(15)9-14(17-13)19-11-7-5-6-10(8-11)18(2)3/h5-9H,4H2,1-3H3. The zero-order chi connectivity index (χ0) is 13.8. The second kappa shape index (κ2) is 5.89. The van der Waals surface area contributed by atoms with Crippen molar-refractivity contribution in [2.75, 3.05) is 19.0 Å². The number of rotatable bonds is 4. The molecule has 4 nitrogen and oxygen atoms in total. The zero-order valence-electron chi connectivity index (χ0n) is 11.2. The van der Waals surface area contributed by atoms with Crippen molar-refractivity contribution in [1.29, 1.82) is 0 Å². The fraction of sp³-hybridized carbons (Fsp3) is 0.286. The monoisotopic (exact) mass is 277 g/mol. The molecule has 0 radical (unpaired) electrons. The summed E-state index contributed by atoms with van der Waals surface area (Å²) >= 11 is 5.94. The highest BCUT2D eigenvalue weighted by Crippen LogP contribution is 2.25. The molecule has 0 aliphatic carbocycles. The second-order valence-electron chi connectivity index (χ2n) is 4.29. The molecule has 0 aliphatic rings. The summed E-state index contributed by atoms with van der Waals surface area (Å²) in [6.07, 6.45) is 0.717. The van der Waals surface area contributed by atoms with Gasteiger partial charge in [-0.25, -0.2) is 4.98 Å². The molecule has 1 heterocycles. The summed E-state index contributed by atoms with van der Waals surface area (Å²) in [4.78, 5) is 10.4. The van der Waals surface area contributed by atoms with Crippen molar-refractivity contribution >= 4 is 17.3 Å². The highest BCUT2D eigenvalue weighted by Gasteiger charge is 2.05. The molecule has 0 unspecified atom stereocenters. The quantitative estimate of drug-likeness (QED) is 0.801. The molecular weight excluding hydrogens is 262 g/mol. The van der Waals surface area contributed by atoms with Crippen LogP contribution in [0.5, 0.6) is 11.6 Å². The predicted molar refractivity (Wildman–Crippen MR) is 77.3 cm³/mol. The van der Waals surface area contributed by atoms with Gasteiger partial charge in [0.15, 0.2) is 0 Å². The van der Waals surface area contributed by atoms with Gasteiger partial charge >= 0.3 is 0 Å². The summed E-state index contributed by atoms with van der Waals surface area (Å²) in [6.45, 7) is 1.97. The van der Waals surface area contributed by atoms with E-state index in [-0.39, 0.29) is 0 Å². The molecule has 19 heavy (non-hydrogen) atoms. The molecule has 0 atom stereocenters. The first kappa shape index (κ1) is 13.6. The molecular formula is C14H16ClN3O. The Kier molecular flexibility index (Phi) is 4.22. The summed E-state index contributed by atoms with van der Waals surface area (Å²) in [7, 11) is 3.96. The Labute approximate surface area is 118 Å². The van der Waals surface area contributed by atoms with Crippen molar-refractivity contribution in [3.63, 3.8) is 0 Å². The fourth-order valence-electron chi connectivity index (χ4n) is 1.60. The Morgan fingerprint density at radius 2 is 2.00 bits per heavy atom. The number of nitrogens with zero attached hydrogens (tertiary/aromatic N) is 3. The van der Waals surface area contributed by atoms with Gasteiger partial charge in [-0.2, -0.15) is 4.98 Å². The molecule has 0 spiro atoms. The number of benzene rings is 1. The molecule has 1 aromatic heterocycles. The average Bonchev–Trinajstić information content (AvgIpc) is 2.38. The van der Waals surface area contributed by atoms with Crippen LogP contribution in [0.15, 0.2) is 30.3 Å². The van der Waals surface area contributed by atoms with Gasteiger partial charge in [0.05, 0.1) is 0 Å². The molecule has 5 heteroatoms. The van der Waals surface area contributed by atoms with Crippen LogP contribution in [-0.2, 0) is 6.42 Å². The van der Waals surface area contributed by atoms with Gasteiger partial charge in [0, 0.05) is 38.3 Å². The van der Waals surface area contributed by atoms with Crippen LogP contribution in [0.4, 0.5) is 5.69 Å². The smallest absolute Gasteiger partial charge is 0.224 e. The van der Waals surface area contributed by atoms with E-state index in [1.54, 1.807) is 6.07 Å². The summed E-state index contributed by atoms with van der Waals surface area (Å²) in [5, 5.41) is 0.394. The van der Waals surface area contributed by atoms with Gasteiger partial charge in [0.25, 0.3) is 0 Å². The fourth-order valence-corrected chi connectivity index (χ4v) is 1.79. The average molecular weight is 278 g/mol. The van der Waals surface area contributed by atoms with Crippen LogP contribution in [-0.4, -0.2) is 24.1 Å². The third-order valence-corrected chi connectivity index (χ3v) is 2.78. The molecule has 0 bridgehead atoms. The number of ether oxygens (including phenoxy) is 1. The van der Waals surface area contributed by atoms with Gasteiger partial charge < -0.3 is 9.64 Å². The van der Waals surface area contributed by atoms with Crippen LogP contribution in [0, 0.1) is 0 Å². The van der Waals surface area contributed by atoms with Crippen molar-refractivity contribution in [3.05, 3.63) is 41.3 Å². The van der Waals surface area contributed by atoms with Crippen LogP contribution < -0.4 is 9.64 Å². The van der Waals surface area contributed by atoms with Crippen molar-refractivity contribution in [2.24, 2.45) is 0 Å². The second-order valence-corrected chi connectivity index (χ2v) is 4.68. The Morgan fingerprint density at radius 1 is 1.21 bits per heavy atom. The van der Waals surface area contributed by atoms with Gasteiger partial charge in [0.1, 0.15) is 16.7 Å². The first-order chi connectivity index (χ1) is 9.08. The van der Waals surface area contributed by atoms with Crippen molar-refractivity contribution in [1.82, 2.24) is 9.97 Å². The van der Waals surface area contributed by atoms with Crippen LogP contribution in [0.3, 0.4) is 0 Å². The summed E-state index contributed by atoms with van der Waals surface area (Å²) in [5.41, 5.74) is 1.06. The van der Waals surface area contributed by atoms with E-state index in [0.29, 0.717) is 23.3 Å². The maximum absolute atomic E-state index is 5.94. The maximum atomic E-state index is 5.94. The molecule has 1 aromatic carbocycles.